The Bertz CT molecular complexity index is 1220. The van der Waals surface area contributed by atoms with Crippen molar-refractivity contribution in [2.75, 3.05) is 0 Å². The standard InChI is InChI=1S/C30H34N2O/c1-29-15-13-26-22(9-12-27-30(26,2)16-14-28(33)32(27)20-7-8-20)24(29)10-11-25(29)23-18-31-17-19-5-3-4-6-21(19)23/h3-6,11-12,17-18,20,22,24,26H,7-10,13-16H2,1-2H3/t22-,24-,26-,29-,30+/m0/s1. The Hall–Kier alpha value is -2.42. The zero-order chi connectivity index (χ0) is 22.4. The maximum atomic E-state index is 12.8. The van der Waals surface area contributed by atoms with Gasteiger partial charge in [0.2, 0.25) is 5.91 Å². The van der Waals surface area contributed by atoms with Crippen LogP contribution in [0, 0.1) is 28.6 Å². The number of carbonyl (C=O) groups is 1. The number of allylic oxidation sites excluding steroid dienone is 4. The Balaban J connectivity index is 1.26. The van der Waals surface area contributed by atoms with E-state index in [1.165, 1.54) is 59.7 Å². The number of hydrogen-bond acceptors (Lipinski definition) is 2. The number of benzene rings is 1. The van der Waals surface area contributed by atoms with E-state index in [0.29, 0.717) is 29.7 Å². The summed E-state index contributed by atoms with van der Waals surface area (Å²) in [5.41, 5.74) is 4.67. The van der Waals surface area contributed by atoms with Crippen LogP contribution in [0.25, 0.3) is 16.3 Å². The Morgan fingerprint density at radius 2 is 1.79 bits per heavy atom. The lowest BCUT2D eigenvalue weighted by Gasteiger charge is -2.58. The van der Waals surface area contributed by atoms with Crippen LogP contribution in [0.1, 0.15) is 70.8 Å². The zero-order valence-corrected chi connectivity index (χ0v) is 19.9. The van der Waals surface area contributed by atoms with Crippen molar-refractivity contribution in [3.63, 3.8) is 0 Å². The molecule has 3 heteroatoms. The van der Waals surface area contributed by atoms with Crippen molar-refractivity contribution >= 4 is 22.3 Å². The van der Waals surface area contributed by atoms with Crippen molar-refractivity contribution in [2.24, 2.45) is 28.6 Å². The van der Waals surface area contributed by atoms with Crippen LogP contribution >= 0.6 is 0 Å². The van der Waals surface area contributed by atoms with Crippen LogP contribution < -0.4 is 0 Å². The molecule has 0 N–H and O–H groups in total. The molecule has 4 aliphatic carbocycles. The maximum Gasteiger partial charge on any atom is 0.227 e. The summed E-state index contributed by atoms with van der Waals surface area (Å²) in [6.07, 6.45) is 18.2. The first-order valence-corrected chi connectivity index (χ1v) is 13.1. The smallest absolute Gasteiger partial charge is 0.227 e. The van der Waals surface area contributed by atoms with Crippen molar-refractivity contribution < 1.29 is 4.79 Å². The summed E-state index contributed by atoms with van der Waals surface area (Å²) in [4.78, 5) is 19.7. The molecule has 3 fully saturated rings. The molecule has 5 aliphatic rings. The lowest BCUT2D eigenvalue weighted by atomic mass is 9.48. The molecule has 1 aromatic carbocycles. The van der Waals surface area contributed by atoms with Crippen LogP contribution in [0.2, 0.25) is 0 Å². The first-order chi connectivity index (χ1) is 16.0. The summed E-state index contributed by atoms with van der Waals surface area (Å²) in [5, 5.41) is 2.58. The molecule has 1 aromatic heterocycles. The van der Waals surface area contributed by atoms with E-state index in [-0.39, 0.29) is 10.8 Å². The first-order valence-electron chi connectivity index (χ1n) is 13.1. The van der Waals surface area contributed by atoms with E-state index in [2.05, 4.69) is 66.3 Å². The molecule has 170 valence electrons. The fourth-order valence-electron chi connectivity index (χ4n) is 8.44. The highest BCUT2D eigenvalue weighted by Gasteiger charge is 2.59. The summed E-state index contributed by atoms with van der Waals surface area (Å²) in [6, 6.07) is 9.20. The van der Waals surface area contributed by atoms with Gasteiger partial charge in [0.1, 0.15) is 0 Å². The van der Waals surface area contributed by atoms with Crippen molar-refractivity contribution in [3.05, 3.63) is 60.1 Å². The van der Waals surface area contributed by atoms with Crippen molar-refractivity contribution in [2.45, 2.75) is 71.3 Å². The van der Waals surface area contributed by atoms with Crippen molar-refractivity contribution in [1.82, 2.24) is 9.88 Å². The van der Waals surface area contributed by atoms with Crippen LogP contribution in [-0.2, 0) is 4.79 Å². The van der Waals surface area contributed by atoms with Gasteiger partial charge >= 0.3 is 0 Å². The van der Waals surface area contributed by atoms with Gasteiger partial charge in [0.05, 0.1) is 0 Å². The highest BCUT2D eigenvalue weighted by Crippen LogP contribution is 2.66. The fourth-order valence-corrected chi connectivity index (χ4v) is 8.44. The molecule has 2 aromatic rings. The van der Waals surface area contributed by atoms with Gasteiger partial charge in [-0.1, -0.05) is 50.3 Å². The minimum Gasteiger partial charge on any atom is -0.313 e. The zero-order valence-electron chi connectivity index (χ0n) is 19.9. The van der Waals surface area contributed by atoms with Gasteiger partial charge in [-0.15, -0.1) is 0 Å². The molecule has 2 heterocycles. The third-order valence-corrected chi connectivity index (χ3v) is 10.3. The van der Waals surface area contributed by atoms with Crippen LogP contribution in [0.5, 0.6) is 0 Å². The number of pyridine rings is 1. The van der Waals surface area contributed by atoms with E-state index in [1.54, 1.807) is 0 Å². The second-order valence-corrected chi connectivity index (χ2v) is 11.8. The summed E-state index contributed by atoms with van der Waals surface area (Å²) in [5.74, 6) is 2.48. The van der Waals surface area contributed by atoms with Gasteiger partial charge in [-0.25, -0.2) is 0 Å². The highest BCUT2D eigenvalue weighted by atomic mass is 16.2. The van der Waals surface area contributed by atoms with Gasteiger partial charge in [-0.3, -0.25) is 9.78 Å². The molecule has 1 amide bonds. The van der Waals surface area contributed by atoms with E-state index >= 15 is 0 Å². The maximum absolute atomic E-state index is 12.8. The van der Waals surface area contributed by atoms with Gasteiger partial charge in [-0.2, -0.15) is 0 Å². The average Bonchev–Trinajstić information content (AvgIpc) is 3.59. The number of aromatic nitrogens is 1. The summed E-state index contributed by atoms with van der Waals surface area (Å²) in [6.45, 7) is 5.04. The number of rotatable bonds is 2. The second kappa shape index (κ2) is 6.81. The number of hydrogen-bond donors (Lipinski definition) is 0. The Morgan fingerprint density at radius 3 is 2.64 bits per heavy atom. The number of fused-ring (bicyclic) bond motifs is 6. The summed E-state index contributed by atoms with van der Waals surface area (Å²) in [7, 11) is 0. The number of likely N-dealkylation sites (tertiary alicyclic amines) is 1. The number of nitrogens with zero attached hydrogens (tertiary/aromatic N) is 2. The monoisotopic (exact) mass is 438 g/mol. The molecule has 0 radical (unpaired) electrons. The number of carbonyl (C=O) groups excluding carboxylic acids is 1. The molecule has 0 spiro atoms. The lowest BCUT2D eigenvalue weighted by Crippen LogP contribution is -2.54. The molecule has 1 saturated heterocycles. The molecule has 5 atom stereocenters. The fraction of sp³-hybridized carbons (Fsp3) is 0.533. The average molecular weight is 439 g/mol. The number of amides is 1. The van der Waals surface area contributed by atoms with Gasteiger partial charge in [0.15, 0.2) is 0 Å². The van der Waals surface area contributed by atoms with E-state index in [4.69, 9.17) is 0 Å². The summed E-state index contributed by atoms with van der Waals surface area (Å²) >= 11 is 0. The second-order valence-electron chi connectivity index (χ2n) is 11.8. The quantitative estimate of drug-likeness (QED) is 0.520. The molecular formula is C30H34N2O. The first kappa shape index (κ1) is 20.0. The third-order valence-electron chi connectivity index (χ3n) is 10.3. The van der Waals surface area contributed by atoms with Gasteiger partial charge < -0.3 is 4.90 Å². The molecule has 33 heavy (non-hydrogen) atoms. The Labute approximate surface area is 197 Å². The molecule has 1 aliphatic heterocycles. The van der Waals surface area contributed by atoms with Gasteiger partial charge in [0.25, 0.3) is 0 Å². The molecule has 0 unspecified atom stereocenters. The van der Waals surface area contributed by atoms with Crippen LogP contribution in [0.4, 0.5) is 0 Å². The predicted octanol–water partition coefficient (Wildman–Crippen LogP) is 6.75. The third kappa shape index (κ3) is 2.68. The largest absolute Gasteiger partial charge is 0.313 e. The Morgan fingerprint density at radius 1 is 0.939 bits per heavy atom. The normalized spacial score (nSPS) is 37.8. The molecule has 3 nitrogen and oxygen atoms in total. The lowest BCUT2D eigenvalue weighted by molar-refractivity contribution is -0.137. The highest BCUT2D eigenvalue weighted by molar-refractivity contribution is 5.94. The van der Waals surface area contributed by atoms with Gasteiger partial charge in [-0.05, 0) is 79.1 Å². The van der Waals surface area contributed by atoms with E-state index in [1.807, 2.05) is 6.20 Å². The van der Waals surface area contributed by atoms with Crippen LogP contribution in [-0.4, -0.2) is 21.8 Å². The molecular weight excluding hydrogens is 404 g/mol. The van der Waals surface area contributed by atoms with Crippen molar-refractivity contribution in [1.29, 1.82) is 0 Å². The van der Waals surface area contributed by atoms with E-state index in [0.717, 1.165) is 19.3 Å². The predicted molar refractivity (Wildman–Crippen MR) is 132 cm³/mol. The topological polar surface area (TPSA) is 33.2 Å². The molecule has 0 bridgehead atoms. The minimum atomic E-state index is 0.171. The van der Waals surface area contributed by atoms with Crippen molar-refractivity contribution in [3.8, 4) is 0 Å². The van der Waals surface area contributed by atoms with Crippen LogP contribution in [0.15, 0.2) is 54.5 Å². The minimum absolute atomic E-state index is 0.171. The molecule has 2 saturated carbocycles. The molecule has 7 rings (SSSR count). The van der Waals surface area contributed by atoms with Crippen LogP contribution in [0.3, 0.4) is 0 Å². The van der Waals surface area contributed by atoms with Gasteiger partial charge in [0, 0.05) is 46.9 Å². The number of piperidine rings is 1. The Kier molecular flexibility index (Phi) is 4.12. The van der Waals surface area contributed by atoms with E-state index < -0.39 is 0 Å². The summed E-state index contributed by atoms with van der Waals surface area (Å²) < 4.78 is 0. The SMILES string of the molecule is C[C@]12CCC(=O)N(C3CC3)C1=CC[C@@H]1[C@@H]2CC[C@]2(C)C(c3cncc4ccccc34)=CC[C@@H]12. The van der Waals surface area contributed by atoms with E-state index in [9.17, 15) is 4.79 Å².